The highest BCUT2D eigenvalue weighted by molar-refractivity contribution is 5.88. The third kappa shape index (κ3) is 4.37. The minimum atomic E-state index is -0.878. The molecule has 0 aliphatic carbocycles. The molecule has 6 nitrogen and oxygen atoms in total. The summed E-state index contributed by atoms with van der Waals surface area (Å²) in [6.45, 7) is 7.56. The van der Waals surface area contributed by atoms with Crippen molar-refractivity contribution in [3.8, 4) is 5.75 Å². The number of piperidine rings is 1. The number of aromatic carboxylic acids is 1. The number of likely N-dealkylation sites (tertiary alicyclic amines) is 2. The molecule has 1 unspecified atom stereocenters. The van der Waals surface area contributed by atoms with Crippen molar-refractivity contribution in [2.75, 3.05) is 33.3 Å². The molecular weight excluding hydrogens is 414 g/mol. The summed E-state index contributed by atoms with van der Waals surface area (Å²) in [6, 6.07) is 12.0. The van der Waals surface area contributed by atoms with Crippen molar-refractivity contribution in [1.29, 1.82) is 0 Å². The first-order valence-corrected chi connectivity index (χ1v) is 12.0. The maximum absolute atomic E-state index is 11.4. The van der Waals surface area contributed by atoms with Crippen LogP contribution >= 0.6 is 0 Å². The molecule has 2 aromatic carbocycles. The molecule has 3 heterocycles. The summed E-state index contributed by atoms with van der Waals surface area (Å²) in [4.78, 5) is 19.9. The van der Waals surface area contributed by atoms with Gasteiger partial charge >= 0.3 is 5.97 Å². The van der Waals surface area contributed by atoms with Crippen LogP contribution in [0, 0.1) is 12.8 Å². The van der Waals surface area contributed by atoms with E-state index in [2.05, 4.69) is 33.8 Å². The lowest BCUT2D eigenvalue weighted by atomic mass is 9.85. The van der Waals surface area contributed by atoms with Crippen molar-refractivity contribution in [2.45, 2.75) is 38.8 Å². The molecule has 3 aromatic rings. The Morgan fingerprint density at radius 3 is 2.64 bits per heavy atom. The topological polar surface area (TPSA) is 68.8 Å². The van der Waals surface area contributed by atoms with Crippen LogP contribution in [-0.2, 0) is 6.54 Å². The van der Waals surface area contributed by atoms with E-state index in [9.17, 15) is 9.90 Å². The predicted molar refractivity (Wildman–Crippen MR) is 130 cm³/mol. The molecule has 2 saturated heterocycles. The van der Waals surface area contributed by atoms with Gasteiger partial charge in [-0.05, 0) is 87.1 Å². The van der Waals surface area contributed by atoms with E-state index in [1.54, 1.807) is 19.2 Å². The number of carboxylic acid groups (broad SMARTS) is 1. The van der Waals surface area contributed by atoms with Crippen molar-refractivity contribution in [1.82, 2.24) is 14.8 Å². The molecule has 0 saturated carbocycles. The largest absolute Gasteiger partial charge is 0.496 e. The number of ether oxygens (including phenoxy) is 1. The van der Waals surface area contributed by atoms with E-state index in [-0.39, 0.29) is 6.04 Å². The summed E-state index contributed by atoms with van der Waals surface area (Å²) in [5.41, 5.74) is 5.11. The number of nitrogens with zero attached hydrogens (tertiary/aromatic N) is 2. The van der Waals surface area contributed by atoms with Gasteiger partial charge in [0.05, 0.1) is 12.7 Å². The number of carboxylic acids is 1. The number of nitrogens with one attached hydrogen (secondary N) is 1. The van der Waals surface area contributed by atoms with Gasteiger partial charge in [0.15, 0.2) is 0 Å². The highest BCUT2D eigenvalue weighted by Gasteiger charge is 2.32. The number of carbonyl (C=O) groups is 1. The Bertz CT molecular complexity index is 1130. The zero-order valence-corrected chi connectivity index (χ0v) is 19.5. The van der Waals surface area contributed by atoms with Gasteiger partial charge in [0.1, 0.15) is 5.75 Å². The molecule has 0 bridgehead atoms. The molecule has 2 fully saturated rings. The maximum atomic E-state index is 11.4. The Morgan fingerprint density at radius 2 is 1.97 bits per heavy atom. The first-order chi connectivity index (χ1) is 16.0. The summed E-state index contributed by atoms with van der Waals surface area (Å²) in [6.07, 6.45) is 5.60. The molecular formula is C27H33N3O3. The van der Waals surface area contributed by atoms with Crippen LogP contribution in [0.5, 0.6) is 5.75 Å². The number of aryl methyl sites for hydroxylation is 1. The smallest absolute Gasteiger partial charge is 0.335 e. The summed E-state index contributed by atoms with van der Waals surface area (Å²) in [5.74, 6) is 0.720. The van der Waals surface area contributed by atoms with Gasteiger partial charge < -0.3 is 19.7 Å². The normalized spacial score (nSPS) is 21.8. The number of hydrogen-bond donors (Lipinski definition) is 2. The Hall–Kier alpha value is -2.83. The van der Waals surface area contributed by atoms with Gasteiger partial charge in [-0.2, -0.15) is 0 Å². The van der Waals surface area contributed by atoms with E-state index < -0.39 is 5.97 Å². The van der Waals surface area contributed by atoms with Crippen molar-refractivity contribution >= 4 is 16.9 Å². The van der Waals surface area contributed by atoms with Crippen LogP contribution < -0.4 is 4.74 Å². The zero-order valence-electron chi connectivity index (χ0n) is 19.5. The van der Waals surface area contributed by atoms with Crippen LogP contribution in [0.2, 0.25) is 0 Å². The fourth-order valence-corrected chi connectivity index (χ4v) is 5.55. The van der Waals surface area contributed by atoms with Crippen molar-refractivity contribution in [3.63, 3.8) is 0 Å². The second-order valence-electron chi connectivity index (χ2n) is 9.60. The van der Waals surface area contributed by atoms with E-state index in [1.165, 1.54) is 60.1 Å². The molecule has 2 aliphatic rings. The lowest BCUT2D eigenvalue weighted by Crippen LogP contribution is -2.44. The van der Waals surface area contributed by atoms with Gasteiger partial charge in [0.2, 0.25) is 0 Å². The van der Waals surface area contributed by atoms with Crippen LogP contribution in [0.1, 0.15) is 52.4 Å². The minimum absolute atomic E-state index is 0.257. The van der Waals surface area contributed by atoms with Crippen LogP contribution in [0.3, 0.4) is 0 Å². The molecule has 0 radical (unpaired) electrons. The number of aromatic amines is 1. The van der Waals surface area contributed by atoms with Crippen LogP contribution in [0.25, 0.3) is 10.9 Å². The zero-order chi connectivity index (χ0) is 22.9. The van der Waals surface area contributed by atoms with Crippen molar-refractivity contribution in [2.24, 2.45) is 5.92 Å². The van der Waals surface area contributed by atoms with E-state index in [4.69, 9.17) is 4.74 Å². The van der Waals surface area contributed by atoms with Gasteiger partial charge in [-0.15, -0.1) is 0 Å². The molecule has 0 amide bonds. The Morgan fingerprint density at radius 1 is 1.18 bits per heavy atom. The average Bonchev–Trinajstić information content (AvgIpc) is 3.29. The first kappa shape index (κ1) is 22.0. The van der Waals surface area contributed by atoms with E-state index in [0.29, 0.717) is 11.5 Å². The molecule has 2 N–H and O–H groups in total. The number of methoxy groups -OCH3 is 1. The fraction of sp³-hybridized carbons (Fsp3) is 0.444. The molecule has 5 rings (SSSR count). The van der Waals surface area contributed by atoms with Crippen LogP contribution in [-0.4, -0.2) is 59.1 Å². The first-order valence-electron chi connectivity index (χ1n) is 12.0. The Labute approximate surface area is 195 Å². The molecule has 33 heavy (non-hydrogen) atoms. The quantitative estimate of drug-likeness (QED) is 0.542. The standard InChI is InChI=1S/C27H33N3O3/c1-18-14-25(33-2)23(22-8-10-28-26(18)22)17-30-13-9-19(16-29-11-3-12-29)15-24(30)20-4-6-21(7-5-20)27(31)32/h4-8,10,14,19,24,28H,3,9,11-13,15-17H2,1-2H3,(H,31,32)/t19?,24-/m0/s1. The predicted octanol–water partition coefficient (Wildman–Crippen LogP) is 4.84. The lowest BCUT2D eigenvalue weighted by Gasteiger charge is -2.43. The van der Waals surface area contributed by atoms with Gasteiger partial charge in [-0.25, -0.2) is 4.79 Å². The SMILES string of the molecule is COc1cc(C)c2[nH]ccc2c1CN1CCC(CN2CCC2)C[C@H]1c1ccc(C(=O)O)cc1. The van der Waals surface area contributed by atoms with Crippen LogP contribution in [0.4, 0.5) is 0 Å². The third-order valence-corrected chi connectivity index (χ3v) is 7.52. The molecule has 1 aromatic heterocycles. The monoisotopic (exact) mass is 447 g/mol. The highest BCUT2D eigenvalue weighted by atomic mass is 16.5. The number of benzene rings is 2. The fourth-order valence-electron chi connectivity index (χ4n) is 5.55. The van der Waals surface area contributed by atoms with E-state index in [1.807, 2.05) is 18.3 Å². The second kappa shape index (κ2) is 9.20. The summed E-state index contributed by atoms with van der Waals surface area (Å²) in [7, 11) is 1.75. The molecule has 2 atom stereocenters. The second-order valence-corrected chi connectivity index (χ2v) is 9.60. The maximum Gasteiger partial charge on any atom is 0.335 e. The minimum Gasteiger partial charge on any atom is -0.496 e. The Kier molecular flexibility index (Phi) is 6.13. The highest BCUT2D eigenvalue weighted by Crippen LogP contribution is 2.39. The molecule has 6 heteroatoms. The van der Waals surface area contributed by atoms with Crippen molar-refractivity contribution in [3.05, 3.63) is 64.8 Å². The molecule has 0 spiro atoms. The summed E-state index contributed by atoms with van der Waals surface area (Å²) < 4.78 is 5.81. The van der Waals surface area contributed by atoms with Crippen molar-refractivity contribution < 1.29 is 14.6 Å². The third-order valence-electron chi connectivity index (χ3n) is 7.52. The van der Waals surface area contributed by atoms with Gasteiger partial charge in [0.25, 0.3) is 0 Å². The lowest BCUT2D eigenvalue weighted by molar-refractivity contribution is 0.0670. The summed E-state index contributed by atoms with van der Waals surface area (Å²) >= 11 is 0. The van der Waals surface area contributed by atoms with Gasteiger partial charge in [-0.1, -0.05) is 12.1 Å². The number of rotatable bonds is 7. The Balaban J connectivity index is 1.46. The number of hydrogen-bond acceptors (Lipinski definition) is 4. The van der Waals surface area contributed by atoms with E-state index in [0.717, 1.165) is 25.3 Å². The van der Waals surface area contributed by atoms with Crippen LogP contribution in [0.15, 0.2) is 42.6 Å². The average molecular weight is 448 g/mol. The van der Waals surface area contributed by atoms with E-state index >= 15 is 0 Å². The number of fused-ring (bicyclic) bond motifs is 1. The van der Waals surface area contributed by atoms with Gasteiger partial charge in [0, 0.05) is 41.8 Å². The molecule has 2 aliphatic heterocycles. The number of aromatic nitrogens is 1. The van der Waals surface area contributed by atoms with Gasteiger partial charge in [-0.3, -0.25) is 4.90 Å². The number of H-pyrrole nitrogens is 1. The summed E-state index contributed by atoms with van der Waals surface area (Å²) in [5, 5.41) is 10.6. The molecule has 174 valence electrons.